The third kappa shape index (κ3) is 7.81. The molecular formula is C15H22BrNO5S. The summed E-state index contributed by atoms with van der Waals surface area (Å²) in [6.07, 6.45) is 6.04. The summed E-state index contributed by atoms with van der Waals surface area (Å²) in [6, 6.07) is 3.96. The lowest BCUT2D eigenvalue weighted by molar-refractivity contribution is 0.159. The summed E-state index contributed by atoms with van der Waals surface area (Å²) >= 11 is 3.04. The zero-order valence-electron chi connectivity index (χ0n) is 13.0. The normalized spacial score (nSPS) is 11.3. The van der Waals surface area contributed by atoms with Crippen LogP contribution in [0.25, 0.3) is 0 Å². The summed E-state index contributed by atoms with van der Waals surface area (Å²) in [6.45, 7) is 2.51. The number of carbonyl (C=O) groups is 1. The first-order valence-corrected chi connectivity index (χ1v) is 9.78. The number of rotatable bonds is 9. The Kier molecular flexibility index (Phi) is 8.57. The molecular weight excluding hydrogens is 386 g/mol. The molecule has 1 aromatic rings. The molecule has 23 heavy (non-hydrogen) atoms. The fourth-order valence-electron chi connectivity index (χ4n) is 1.99. The van der Waals surface area contributed by atoms with Gasteiger partial charge < -0.3 is 4.74 Å². The van der Waals surface area contributed by atoms with Crippen molar-refractivity contribution in [2.24, 2.45) is 0 Å². The zero-order valence-corrected chi connectivity index (χ0v) is 15.5. The third-order valence-electron chi connectivity index (χ3n) is 3.19. The van der Waals surface area contributed by atoms with Crippen LogP contribution in [0.3, 0.4) is 0 Å². The molecule has 0 aromatic heterocycles. The Labute approximate surface area is 145 Å². The summed E-state index contributed by atoms with van der Waals surface area (Å²) < 4.78 is 36.3. The molecule has 1 rings (SSSR count). The van der Waals surface area contributed by atoms with Crippen LogP contribution in [0.15, 0.2) is 27.6 Å². The van der Waals surface area contributed by atoms with Gasteiger partial charge in [-0.3, -0.25) is 9.87 Å². The van der Waals surface area contributed by atoms with E-state index in [1.54, 1.807) is 0 Å². The molecule has 0 unspecified atom stereocenters. The Morgan fingerprint density at radius 2 is 1.87 bits per heavy atom. The van der Waals surface area contributed by atoms with Gasteiger partial charge in [0.25, 0.3) is 10.1 Å². The van der Waals surface area contributed by atoms with Crippen LogP contribution in [0.4, 0.5) is 10.5 Å². The molecule has 0 spiro atoms. The maximum Gasteiger partial charge on any atom is 0.411 e. The Bertz CT molecular complexity index is 618. The topological polar surface area (TPSA) is 92.7 Å². The quantitative estimate of drug-likeness (QED) is 0.460. The van der Waals surface area contributed by atoms with E-state index in [-0.39, 0.29) is 9.37 Å². The van der Waals surface area contributed by atoms with E-state index in [2.05, 4.69) is 28.2 Å². The minimum absolute atomic E-state index is 0.161. The third-order valence-corrected chi connectivity index (χ3v) is 5.02. The van der Waals surface area contributed by atoms with Crippen molar-refractivity contribution in [2.45, 2.75) is 50.3 Å². The second-order valence-electron chi connectivity index (χ2n) is 5.15. The van der Waals surface area contributed by atoms with Crippen molar-refractivity contribution in [1.82, 2.24) is 0 Å². The summed E-state index contributed by atoms with van der Waals surface area (Å²) in [4.78, 5) is 11.4. The Hall–Kier alpha value is -1.12. The molecule has 0 saturated heterocycles. The summed E-state index contributed by atoms with van der Waals surface area (Å²) in [5, 5.41) is 2.51. The molecule has 1 aromatic carbocycles. The molecule has 0 bridgehead atoms. The molecule has 6 nitrogen and oxygen atoms in total. The number of amides is 1. The van der Waals surface area contributed by atoms with E-state index in [9.17, 15) is 13.2 Å². The maximum atomic E-state index is 11.6. The van der Waals surface area contributed by atoms with Gasteiger partial charge in [0.1, 0.15) is 4.90 Å². The molecule has 2 N–H and O–H groups in total. The number of hydrogen-bond acceptors (Lipinski definition) is 4. The van der Waals surface area contributed by atoms with Crippen LogP contribution in [-0.4, -0.2) is 25.7 Å². The molecule has 0 fully saturated rings. The minimum Gasteiger partial charge on any atom is -0.449 e. The fraction of sp³-hybridized carbons (Fsp3) is 0.533. The number of unbranched alkanes of at least 4 members (excludes halogenated alkanes) is 5. The number of hydrogen-bond donors (Lipinski definition) is 2. The lowest BCUT2D eigenvalue weighted by atomic mass is 10.1. The second-order valence-corrected chi connectivity index (χ2v) is 7.39. The fourth-order valence-corrected chi connectivity index (χ4v) is 3.53. The van der Waals surface area contributed by atoms with Crippen molar-refractivity contribution >= 4 is 37.8 Å². The number of carbonyl (C=O) groups excluding carboxylic acids is 1. The monoisotopic (exact) mass is 407 g/mol. The van der Waals surface area contributed by atoms with Gasteiger partial charge in [-0.15, -0.1) is 0 Å². The first-order chi connectivity index (χ1) is 10.8. The van der Waals surface area contributed by atoms with Crippen LogP contribution in [0.5, 0.6) is 0 Å². The van der Waals surface area contributed by atoms with Crippen molar-refractivity contribution in [1.29, 1.82) is 0 Å². The van der Waals surface area contributed by atoms with Crippen molar-refractivity contribution in [3.05, 3.63) is 22.7 Å². The van der Waals surface area contributed by atoms with Gasteiger partial charge in [0, 0.05) is 10.2 Å². The number of anilines is 1. The largest absolute Gasteiger partial charge is 0.449 e. The summed E-state index contributed by atoms with van der Waals surface area (Å²) in [5.41, 5.74) is 0.372. The molecule has 130 valence electrons. The SMILES string of the molecule is CCCCCCCCOC(=O)Nc1ccc(S(=O)(=O)O)c(Br)c1. The van der Waals surface area contributed by atoms with Crippen LogP contribution in [-0.2, 0) is 14.9 Å². The molecule has 0 saturated carbocycles. The van der Waals surface area contributed by atoms with Crippen molar-refractivity contribution in [2.75, 3.05) is 11.9 Å². The van der Waals surface area contributed by atoms with Crippen molar-refractivity contribution in [3.63, 3.8) is 0 Å². The van der Waals surface area contributed by atoms with E-state index in [0.717, 1.165) is 19.3 Å². The maximum absolute atomic E-state index is 11.6. The molecule has 0 radical (unpaired) electrons. The second kappa shape index (κ2) is 9.89. The van der Waals surface area contributed by atoms with Crippen LogP contribution in [0.2, 0.25) is 0 Å². The van der Waals surface area contributed by atoms with Gasteiger partial charge in [0.15, 0.2) is 0 Å². The van der Waals surface area contributed by atoms with E-state index in [4.69, 9.17) is 9.29 Å². The van der Waals surface area contributed by atoms with Crippen LogP contribution < -0.4 is 5.32 Å². The van der Waals surface area contributed by atoms with Crippen molar-refractivity contribution in [3.8, 4) is 0 Å². The molecule has 0 aliphatic heterocycles. The molecule has 1 amide bonds. The van der Waals surface area contributed by atoms with Gasteiger partial charge in [-0.05, 0) is 40.5 Å². The molecule has 0 atom stereocenters. The van der Waals surface area contributed by atoms with Gasteiger partial charge in [-0.2, -0.15) is 8.42 Å². The van der Waals surface area contributed by atoms with E-state index in [1.165, 1.54) is 37.5 Å². The van der Waals surface area contributed by atoms with Gasteiger partial charge in [0.2, 0.25) is 0 Å². The summed E-state index contributed by atoms with van der Waals surface area (Å²) in [5.74, 6) is 0. The molecule has 0 aliphatic carbocycles. The number of benzene rings is 1. The predicted octanol–water partition coefficient (Wildman–Crippen LogP) is 4.60. The Balaban J connectivity index is 2.36. The number of nitrogens with one attached hydrogen (secondary N) is 1. The van der Waals surface area contributed by atoms with E-state index < -0.39 is 16.2 Å². The Morgan fingerprint density at radius 3 is 2.48 bits per heavy atom. The first kappa shape index (κ1) is 19.9. The molecule has 0 heterocycles. The van der Waals surface area contributed by atoms with Crippen LogP contribution in [0.1, 0.15) is 45.4 Å². The smallest absolute Gasteiger partial charge is 0.411 e. The summed E-state index contributed by atoms with van der Waals surface area (Å²) in [7, 11) is -4.30. The van der Waals surface area contributed by atoms with Gasteiger partial charge in [-0.1, -0.05) is 39.0 Å². The van der Waals surface area contributed by atoms with E-state index in [0.29, 0.717) is 12.3 Å². The average molecular weight is 408 g/mol. The number of halogens is 1. The van der Waals surface area contributed by atoms with Crippen LogP contribution >= 0.6 is 15.9 Å². The number of ether oxygens (including phenoxy) is 1. The highest BCUT2D eigenvalue weighted by atomic mass is 79.9. The van der Waals surface area contributed by atoms with Gasteiger partial charge >= 0.3 is 6.09 Å². The predicted molar refractivity (Wildman–Crippen MR) is 92.3 cm³/mol. The van der Waals surface area contributed by atoms with E-state index >= 15 is 0 Å². The highest BCUT2D eigenvalue weighted by Gasteiger charge is 2.15. The average Bonchev–Trinajstić information content (AvgIpc) is 2.45. The molecule has 8 heteroatoms. The van der Waals surface area contributed by atoms with Crippen molar-refractivity contribution < 1.29 is 22.5 Å². The van der Waals surface area contributed by atoms with E-state index in [1.807, 2.05) is 0 Å². The first-order valence-electron chi connectivity index (χ1n) is 7.55. The standard InChI is InChI=1S/C15H22BrNO5S/c1-2-3-4-5-6-7-10-22-15(18)17-12-8-9-14(13(16)11-12)23(19,20)21/h8-9,11H,2-7,10H2,1H3,(H,17,18)(H,19,20,21). The van der Waals surface area contributed by atoms with Gasteiger partial charge in [0.05, 0.1) is 6.61 Å². The molecule has 0 aliphatic rings. The van der Waals surface area contributed by atoms with Gasteiger partial charge in [-0.25, -0.2) is 4.79 Å². The zero-order chi connectivity index (χ0) is 17.3. The minimum atomic E-state index is -4.30. The Morgan fingerprint density at radius 1 is 1.22 bits per heavy atom. The lowest BCUT2D eigenvalue weighted by Crippen LogP contribution is -2.14. The highest BCUT2D eigenvalue weighted by Crippen LogP contribution is 2.25. The van der Waals surface area contributed by atoms with Crippen LogP contribution in [0, 0.1) is 0 Å². The highest BCUT2D eigenvalue weighted by molar-refractivity contribution is 9.10. The lowest BCUT2D eigenvalue weighted by Gasteiger charge is -2.08.